The highest BCUT2D eigenvalue weighted by Gasteiger charge is 2.13. The zero-order chi connectivity index (χ0) is 10.7. The highest BCUT2D eigenvalue weighted by Crippen LogP contribution is 2.10. The molecule has 5 heteroatoms. The number of hydrogen-bond acceptors (Lipinski definition) is 4. The standard InChI is InChI=1S/C10H15ClN4/c1-14-5-7-15(8-6-14)13-10-4-2-3-9(11)12-10/h2-4H,5-8H2,1H3,(H,12,13). The van der Waals surface area contributed by atoms with Crippen molar-refractivity contribution in [1.29, 1.82) is 0 Å². The second-order valence-electron chi connectivity index (χ2n) is 3.75. The van der Waals surface area contributed by atoms with Gasteiger partial charge in [0.15, 0.2) is 0 Å². The number of nitrogens with one attached hydrogen (secondary N) is 1. The molecule has 0 atom stereocenters. The van der Waals surface area contributed by atoms with Gasteiger partial charge < -0.3 is 10.3 Å². The summed E-state index contributed by atoms with van der Waals surface area (Å²) in [5, 5.41) is 2.69. The molecule has 1 aromatic rings. The van der Waals surface area contributed by atoms with Crippen molar-refractivity contribution in [3.05, 3.63) is 23.4 Å². The smallest absolute Gasteiger partial charge is 0.142 e. The molecule has 1 saturated heterocycles. The lowest BCUT2D eigenvalue weighted by molar-refractivity contribution is 0.178. The van der Waals surface area contributed by atoms with Crippen molar-refractivity contribution < 1.29 is 0 Å². The van der Waals surface area contributed by atoms with Crippen LogP contribution in [0.15, 0.2) is 18.2 Å². The number of hydrogen-bond donors (Lipinski definition) is 1. The Morgan fingerprint density at radius 2 is 2.00 bits per heavy atom. The summed E-state index contributed by atoms with van der Waals surface area (Å²) in [6, 6.07) is 5.59. The van der Waals surface area contributed by atoms with Gasteiger partial charge in [-0.05, 0) is 19.2 Å². The van der Waals surface area contributed by atoms with Crippen molar-refractivity contribution in [2.24, 2.45) is 0 Å². The largest absolute Gasteiger partial charge is 0.304 e. The number of likely N-dealkylation sites (N-methyl/N-ethyl adjacent to an activating group) is 1. The first-order chi connectivity index (χ1) is 7.24. The summed E-state index contributed by atoms with van der Waals surface area (Å²) >= 11 is 5.81. The second kappa shape index (κ2) is 4.79. The summed E-state index contributed by atoms with van der Waals surface area (Å²) in [6.45, 7) is 4.16. The Balaban J connectivity index is 1.92. The van der Waals surface area contributed by atoms with E-state index < -0.39 is 0 Å². The van der Waals surface area contributed by atoms with Crippen LogP contribution in [-0.2, 0) is 0 Å². The Morgan fingerprint density at radius 3 is 2.67 bits per heavy atom. The Labute approximate surface area is 94.8 Å². The molecule has 1 aliphatic heterocycles. The third-order valence-electron chi connectivity index (χ3n) is 2.49. The molecule has 1 aliphatic rings. The molecule has 0 aliphatic carbocycles. The van der Waals surface area contributed by atoms with Gasteiger partial charge in [-0.15, -0.1) is 0 Å². The summed E-state index contributed by atoms with van der Waals surface area (Å²) in [7, 11) is 2.13. The quantitative estimate of drug-likeness (QED) is 0.771. The molecule has 0 spiro atoms. The van der Waals surface area contributed by atoms with Crippen LogP contribution in [0.1, 0.15) is 0 Å². The molecule has 0 saturated carbocycles. The first-order valence-corrected chi connectivity index (χ1v) is 5.44. The van der Waals surface area contributed by atoms with Crippen molar-refractivity contribution in [2.75, 3.05) is 38.7 Å². The van der Waals surface area contributed by atoms with Crippen LogP contribution >= 0.6 is 11.6 Å². The minimum atomic E-state index is 0.522. The number of pyridine rings is 1. The Morgan fingerprint density at radius 1 is 1.27 bits per heavy atom. The highest BCUT2D eigenvalue weighted by atomic mass is 35.5. The average Bonchev–Trinajstić information content (AvgIpc) is 2.22. The number of piperazine rings is 1. The highest BCUT2D eigenvalue weighted by molar-refractivity contribution is 6.29. The van der Waals surface area contributed by atoms with Crippen LogP contribution in [0, 0.1) is 0 Å². The molecule has 0 bridgehead atoms. The van der Waals surface area contributed by atoms with Gasteiger partial charge in [-0.3, -0.25) is 0 Å². The van der Waals surface area contributed by atoms with Gasteiger partial charge >= 0.3 is 0 Å². The fourth-order valence-electron chi connectivity index (χ4n) is 1.55. The third kappa shape index (κ3) is 3.06. The SMILES string of the molecule is CN1CCN(Nc2cccc(Cl)n2)CC1. The number of hydrazine groups is 1. The van der Waals surface area contributed by atoms with Gasteiger partial charge in [0.1, 0.15) is 11.0 Å². The van der Waals surface area contributed by atoms with Crippen LogP contribution in [0.5, 0.6) is 0 Å². The molecule has 4 nitrogen and oxygen atoms in total. The van der Waals surface area contributed by atoms with Crippen LogP contribution in [0.4, 0.5) is 5.82 Å². The molecular weight excluding hydrogens is 212 g/mol. The van der Waals surface area contributed by atoms with Crippen molar-refractivity contribution in [1.82, 2.24) is 14.9 Å². The summed E-state index contributed by atoms with van der Waals surface area (Å²) in [5.41, 5.74) is 3.25. The minimum absolute atomic E-state index is 0.522. The number of rotatable bonds is 2. The van der Waals surface area contributed by atoms with E-state index in [9.17, 15) is 0 Å². The van der Waals surface area contributed by atoms with Gasteiger partial charge in [-0.2, -0.15) is 0 Å². The lowest BCUT2D eigenvalue weighted by Crippen LogP contribution is -2.47. The van der Waals surface area contributed by atoms with Crippen LogP contribution in [0.2, 0.25) is 5.15 Å². The van der Waals surface area contributed by atoms with Gasteiger partial charge in [0, 0.05) is 26.2 Å². The van der Waals surface area contributed by atoms with Crippen molar-refractivity contribution in [3.8, 4) is 0 Å². The van der Waals surface area contributed by atoms with Gasteiger partial charge in [0.2, 0.25) is 0 Å². The van der Waals surface area contributed by atoms with E-state index in [1.54, 1.807) is 6.07 Å². The fraction of sp³-hybridized carbons (Fsp3) is 0.500. The maximum Gasteiger partial charge on any atom is 0.142 e. The molecular formula is C10H15ClN4. The van der Waals surface area contributed by atoms with E-state index in [0.29, 0.717) is 5.15 Å². The molecule has 2 heterocycles. The van der Waals surface area contributed by atoms with E-state index in [4.69, 9.17) is 11.6 Å². The fourth-order valence-corrected chi connectivity index (χ4v) is 1.71. The predicted molar refractivity (Wildman–Crippen MR) is 61.9 cm³/mol. The Bertz CT molecular complexity index is 323. The minimum Gasteiger partial charge on any atom is -0.304 e. The molecule has 15 heavy (non-hydrogen) atoms. The zero-order valence-corrected chi connectivity index (χ0v) is 9.54. The molecule has 0 amide bonds. The molecule has 1 fully saturated rings. The number of nitrogens with zero attached hydrogens (tertiary/aromatic N) is 3. The first kappa shape index (κ1) is 10.7. The Hall–Kier alpha value is -0.840. The average molecular weight is 227 g/mol. The monoisotopic (exact) mass is 226 g/mol. The molecule has 1 N–H and O–H groups in total. The van der Waals surface area contributed by atoms with Gasteiger partial charge in [-0.25, -0.2) is 9.99 Å². The van der Waals surface area contributed by atoms with E-state index in [1.165, 1.54) is 0 Å². The second-order valence-corrected chi connectivity index (χ2v) is 4.13. The van der Waals surface area contributed by atoms with Crippen LogP contribution < -0.4 is 5.43 Å². The Kier molecular flexibility index (Phi) is 3.41. The van der Waals surface area contributed by atoms with Gasteiger partial charge in [0.05, 0.1) is 0 Å². The van der Waals surface area contributed by atoms with Crippen molar-refractivity contribution in [2.45, 2.75) is 0 Å². The van der Waals surface area contributed by atoms with Crippen molar-refractivity contribution in [3.63, 3.8) is 0 Å². The van der Waals surface area contributed by atoms with E-state index in [-0.39, 0.29) is 0 Å². The number of halogens is 1. The molecule has 1 aromatic heterocycles. The molecule has 0 unspecified atom stereocenters. The topological polar surface area (TPSA) is 31.4 Å². The molecule has 0 aromatic carbocycles. The zero-order valence-electron chi connectivity index (χ0n) is 8.78. The van der Waals surface area contributed by atoms with Crippen molar-refractivity contribution >= 4 is 17.4 Å². The molecule has 82 valence electrons. The maximum absolute atomic E-state index is 5.81. The maximum atomic E-state index is 5.81. The van der Waals surface area contributed by atoms with Crippen LogP contribution in [0.25, 0.3) is 0 Å². The lowest BCUT2D eigenvalue weighted by atomic mass is 10.4. The summed E-state index contributed by atoms with van der Waals surface area (Å²) < 4.78 is 0. The van der Waals surface area contributed by atoms with E-state index in [2.05, 4.69) is 27.4 Å². The lowest BCUT2D eigenvalue weighted by Gasteiger charge is -2.32. The van der Waals surface area contributed by atoms with Gasteiger partial charge in [-0.1, -0.05) is 17.7 Å². The van der Waals surface area contributed by atoms with E-state index >= 15 is 0 Å². The van der Waals surface area contributed by atoms with Gasteiger partial charge in [0.25, 0.3) is 0 Å². The normalized spacial score (nSPS) is 19.1. The van der Waals surface area contributed by atoms with Crippen LogP contribution in [0.3, 0.4) is 0 Å². The van der Waals surface area contributed by atoms with Crippen LogP contribution in [-0.4, -0.2) is 48.1 Å². The summed E-state index contributed by atoms with van der Waals surface area (Å²) in [5.74, 6) is 0.812. The number of aromatic nitrogens is 1. The number of anilines is 1. The third-order valence-corrected chi connectivity index (χ3v) is 2.70. The molecule has 2 rings (SSSR count). The predicted octanol–water partition coefficient (Wildman–Crippen LogP) is 1.31. The summed E-state index contributed by atoms with van der Waals surface area (Å²) in [4.78, 5) is 6.49. The van der Waals surface area contributed by atoms with E-state index in [0.717, 1.165) is 32.0 Å². The molecule has 0 radical (unpaired) electrons. The summed E-state index contributed by atoms with van der Waals surface area (Å²) in [6.07, 6.45) is 0. The van der Waals surface area contributed by atoms with E-state index in [1.807, 2.05) is 12.1 Å². The first-order valence-electron chi connectivity index (χ1n) is 5.07.